The van der Waals surface area contributed by atoms with Crippen molar-refractivity contribution in [3.8, 4) is 0 Å². The van der Waals surface area contributed by atoms with Crippen molar-refractivity contribution in [3.63, 3.8) is 0 Å². The maximum absolute atomic E-state index is 12.6. The molecule has 0 radical (unpaired) electrons. The lowest BCUT2D eigenvalue weighted by atomic mass is 9.99. The Labute approximate surface area is 163 Å². The molecule has 0 unspecified atom stereocenters. The number of sulfonamides is 1. The van der Waals surface area contributed by atoms with E-state index >= 15 is 0 Å². The van der Waals surface area contributed by atoms with Gasteiger partial charge in [0.15, 0.2) is 6.10 Å². The summed E-state index contributed by atoms with van der Waals surface area (Å²) < 4.78 is 31.3. The average Bonchev–Trinajstić information content (AvgIpc) is 2.63. The van der Waals surface area contributed by atoms with Gasteiger partial charge in [-0.2, -0.15) is 0 Å². The first kappa shape index (κ1) is 21.1. The van der Waals surface area contributed by atoms with Gasteiger partial charge >= 0.3 is 5.97 Å². The fourth-order valence-corrected chi connectivity index (χ4v) is 3.70. The molecule has 144 valence electrons. The van der Waals surface area contributed by atoms with Crippen molar-refractivity contribution < 1.29 is 22.7 Å². The summed E-state index contributed by atoms with van der Waals surface area (Å²) >= 11 is 5.91. The van der Waals surface area contributed by atoms with Crippen molar-refractivity contribution in [2.75, 3.05) is 7.05 Å². The highest BCUT2D eigenvalue weighted by Crippen LogP contribution is 2.23. The van der Waals surface area contributed by atoms with E-state index in [0.717, 1.165) is 17.2 Å². The first-order valence-electron chi connectivity index (χ1n) is 8.12. The first-order chi connectivity index (χ1) is 12.6. The molecule has 0 aliphatic heterocycles. The Kier molecular flexibility index (Phi) is 6.41. The second-order valence-electron chi connectivity index (χ2n) is 6.08. The third-order valence-electron chi connectivity index (χ3n) is 4.04. The molecule has 0 bridgehead atoms. The van der Waals surface area contributed by atoms with E-state index < -0.39 is 22.1 Å². The van der Waals surface area contributed by atoms with E-state index in [2.05, 4.69) is 4.72 Å². The lowest BCUT2D eigenvalue weighted by Gasteiger charge is -2.15. The number of halogens is 1. The molecule has 0 fully saturated rings. The Morgan fingerprint density at radius 1 is 1.11 bits per heavy atom. The Morgan fingerprint density at radius 3 is 2.41 bits per heavy atom. The van der Waals surface area contributed by atoms with Crippen LogP contribution in [0.1, 0.15) is 38.8 Å². The van der Waals surface area contributed by atoms with E-state index in [-0.39, 0.29) is 21.3 Å². The molecule has 6 nitrogen and oxygen atoms in total. The highest BCUT2D eigenvalue weighted by Gasteiger charge is 2.24. The van der Waals surface area contributed by atoms with E-state index in [4.69, 9.17) is 16.3 Å². The standard InChI is InChI=1S/C19H20ClNO5S/c1-11-5-6-12(2)15(9-11)18(22)13(3)26-19(23)14-7-8-16(20)17(10-14)27(24,25)21-4/h5-10,13,21H,1-4H3/t13-/m1/s1. The van der Waals surface area contributed by atoms with Crippen LogP contribution in [0.4, 0.5) is 0 Å². The van der Waals surface area contributed by atoms with Crippen LogP contribution in [-0.4, -0.2) is 33.3 Å². The normalized spacial score (nSPS) is 12.5. The van der Waals surface area contributed by atoms with Gasteiger partial charge in [-0.3, -0.25) is 4.79 Å². The van der Waals surface area contributed by atoms with E-state index in [1.807, 2.05) is 19.1 Å². The molecule has 2 rings (SSSR count). The lowest BCUT2D eigenvalue weighted by Crippen LogP contribution is -2.25. The van der Waals surface area contributed by atoms with Crippen LogP contribution in [0.3, 0.4) is 0 Å². The zero-order valence-corrected chi connectivity index (χ0v) is 16.9. The van der Waals surface area contributed by atoms with Crippen LogP contribution >= 0.6 is 11.6 Å². The summed E-state index contributed by atoms with van der Waals surface area (Å²) in [5, 5.41) is -0.0274. The lowest BCUT2D eigenvalue weighted by molar-refractivity contribution is 0.0318. The van der Waals surface area contributed by atoms with Gasteiger partial charge in [0.1, 0.15) is 4.90 Å². The van der Waals surface area contributed by atoms with Gasteiger partial charge < -0.3 is 4.74 Å². The minimum atomic E-state index is -3.84. The minimum absolute atomic E-state index is 0.0196. The third-order valence-corrected chi connectivity index (χ3v) is 5.93. The Bertz CT molecular complexity index is 1000. The van der Waals surface area contributed by atoms with Crippen LogP contribution in [0.15, 0.2) is 41.3 Å². The fraction of sp³-hybridized carbons (Fsp3) is 0.263. The maximum Gasteiger partial charge on any atom is 0.338 e. The molecule has 2 aromatic carbocycles. The van der Waals surface area contributed by atoms with Gasteiger partial charge in [-0.25, -0.2) is 17.9 Å². The molecule has 0 aromatic heterocycles. The zero-order chi connectivity index (χ0) is 20.4. The quantitative estimate of drug-likeness (QED) is 0.584. The number of ketones is 1. The first-order valence-corrected chi connectivity index (χ1v) is 9.98. The van der Waals surface area contributed by atoms with Crippen molar-refractivity contribution in [1.29, 1.82) is 0 Å². The van der Waals surface area contributed by atoms with Crippen molar-refractivity contribution in [3.05, 3.63) is 63.7 Å². The molecule has 2 aromatic rings. The number of Topliss-reactive ketones (excluding diaryl/α,β-unsaturated/α-hetero) is 1. The fourth-order valence-electron chi connectivity index (χ4n) is 2.45. The number of ether oxygens (including phenoxy) is 1. The summed E-state index contributed by atoms with van der Waals surface area (Å²) in [6, 6.07) is 9.20. The summed E-state index contributed by atoms with van der Waals surface area (Å²) in [6.07, 6.45) is -1.03. The molecule has 8 heteroatoms. The predicted molar refractivity (Wildman–Crippen MR) is 103 cm³/mol. The molecule has 1 N–H and O–H groups in total. The van der Waals surface area contributed by atoms with Crippen molar-refractivity contribution in [2.45, 2.75) is 31.8 Å². The number of hydrogen-bond donors (Lipinski definition) is 1. The van der Waals surface area contributed by atoms with Gasteiger partial charge in [-0.15, -0.1) is 0 Å². The van der Waals surface area contributed by atoms with E-state index in [1.54, 1.807) is 13.0 Å². The van der Waals surface area contributed by atoms with Crippen molar-refractivity contribution in [1.82, 2.24) is 4.72 Å². The molecular weight excluding hydrogens is 390 g/mol. The second kappa shape index (κ2) is 8.21. The number of aryl methyl sites for hydroxylation is 2. The summed E-state index contributed by atoms with van der Waals surface area (Å²) in [5.41, 5.74) is 2.16. The molecule has 0 saturated carbocycles. The second-order valence-corrected chi connectivity index (χ2v) is 8.35. The molecule has 0 amide bonds. The number of hydrogen-bond acceptors (Lipinski definition) is 5. The van der Waals surface area contributed by atoms with Gasteiger partial charge in [0.25, 0.3) is 0 Å². The summed E-state index contributed by atoms with van der Waals surface area (Å²) in [6.45, 7) is 5.14. The Morgan fingerprint density at radius 2 is 1.78 bits per heavy atom. The van der Waals surface area contributed by atoms with Gasteiger partial charge in [0, 0.05) is 5.56 Å². The maximum atomic E-state index is 12.6. The van der Waals surface area contributed by atoms with Crippen LogP contribution in [0, 0.1) is 13.8 Å². The molecular formula is C19H20ClNO5S. The topological polar surface area (TPSA) is 89.5 Å². The van der Waals surface area contributed by atoms with Gasteiger partial charge in [-0.1, -0.05) is 29.3 Å². The van der Waals surface area contributed by atoms with Crippen LogP contribution in [0.2, 0.25) is 5.02 Å². The molecule has 1 atom stereocenters. The van der Waals surface area contributed by atoms with Crippen LogP contribution < -0.4 is 4.72 Å². The summed E-state index contributed by atoms with van der Waals surface area (Å²) in [5.74, 6) is -1.15. The number of nitrogens with one attached hydrogen (secondary N) is 1. The number of rotatable bonds is 6. The third kappa shape index (κ3) is 4.74. The van der Waals surface area contributed by atoms with Gasteiger partial charge in [0.05, 0.1) is 10.6 Å². The number of carbonyl (C=O) groups excluding carboxylic acids is 2. The SMILES string of the molecule is CNS(=O)(=O)c1cc(C(=O)O[C@H](C)C(=O)c2cc(C)ccc2C)ccc1Cl. The Balaban J connectivity index is 2.25. The molecule has 0 saturated heterocycles. The summed E-state index contributed by atoms with van der Waals surface area (Å²) in [4.78, 5) is 24.8. The predicted octanol–water partition coefficient (Wildman–Crippen LogP) is 3.29. The van der Waals surface area contributed by atoms with E-state index in [9.17, 15) is 18.0 Å². The average molecular weight is 410 g/mol. The molecule has 0 aliphatic rings. The van der Waals surface area contributed by atoms with Crippen LogP contribution in [-0.2, 0) is 14.8 Å². The summed E-state index contributed by atoms with van der Waals surface area (Å²) in [7, 11) is -2.60. The highest BCUT2D eigenvalue weighted by molar-refractivity contribution is 7.89. The van der Waals surface area contributed by atoms with Crippen molar-refractivity contribution in [2.24, 2.45) is 0 Å². The zero-order valence-electron chi connectivity index (χ0n) is 15.4. The van der Waals surface area contributed by atoms with Gasteiger partial charge in [0.2, 0.25) is 15.8 Å². The van der Waals surface area contributed by atoms with Crippen LogP contribution in [0.5, 0.6) is 0 Å². The minimum Gasteiger partial charge on any atom is -0.451 e. The molecule has 0 aliphatic carbocycles. The number of benzene rings is 2. The van der Waals surface area contributed by atoms with Crippen LogP contribution in [0.25, 0.3) is 0 Å². The van der Waals surface area contributed by atoms with E-state index in [0.29, 0.717) is 5.56 Å². The Hall–Kier alpha value is -2.22. The molecule has 0 heterocycles. The number of carbonyl (C=O) groups is 2. The molecule has 27 heavy (non-hydrogen) atoms. The van der Waals surface area contributed by atoms with Gasteiger partial charge in [-0.05, 0) is 57.6 Å². The van der Waals surface area contributed by atoms with E-state index in [1.165, 1.54) is 26.1 Å². The monoisotopic (exact) mass is 409 g/mol. The molecule has 0 spiro atoms. The van der Waals surface area contributed by atoms with Crippen molar-refractivity contribution >= 4 is 33.4 Å². The largest absolute Gasteiger partial charge is 0.451 e. The highest BCUT2D eigenvalue weighted by atomic mass is 35.5. The smallest absolute Gasteiger partial charge is 0.338 e. The number of esters is 1.